The average Bonchev–Trinajstić information content (AvgIpc) is 3.71. The fraction of sp³-hybridized carbons (Fsp3) is 0.657. The lowest BCUT2D eigenvalue weighted by Gasteiger charge is -2.26. The SMILES string of the molecule is CC(=O)COC[C@H](CC(=O)[C@H](CC(C)C)NC(=O)[C@H](CCc1ccccc1)CC(C)=O)C(=O)N[C@@H](CC(C)C)C(=O)[C@@]1(C)CO1. The van der Waals surface area contributed by atoms with Gasteiger partial charge in [-0.1, -0.05) is 58.0 Å². The molecule has 1 aromatic carbocycles. The van der Waals surface area contributed by atoms with Crippen LogP contribution in [0.3, 0.4) is 0 Å². The molecule has 250 valence electrons. The van der Waals surface area contributed by atoms with E-state index in [-0.39, 0.29) is 73.5 Å². The van der Waals surface area contributed by atoms with Crippen molar-refractivity contribution in [3.63, 3.8) is 0 Å². The molecule has 1 saturated heterocycles. The van der Waals surface area contributed by atoms with E-state index in [0.29, 0.717) is 25.7 Å². The molecule has 0 spiro atoms. The highest BCUT2D eigenvalue weighted by Crippen LogP contribution is 2.30. The number of ether oxygens (including phenoxy) is 2. The van der Waals surface area contributed by atoms with Gasteiger partial charge in [-0.3, -0.25) is 24.0 Å². The third-order valence-corrected chi connectivity index (χ3v) is 7.82. The Morgan fingerprint density at radius 1 is 0.822 bits per heavy atom. The Morgan fingerprint density at radius 2 is 1.38 bits per heavy atom. The first-order chi connectivity index (χ1) is 21.1. The number of ketones is 4. The van der Waals surface area contributed by atoms with Crippen LogP contribution in [0.25, 0.3) is 0 Å². The minimum atomic E-state index is -0.995. The molecule has 1 fully saturated rings. The quantitative estimate of drug-likeness (QED) is 0.184. The molecule has 0 saturated carbocycles. The van der Waals surface area contributed by atoms with E-state index in [1.165, 1.54) is 13.8 Å². The second-order valence-electron chi connectivity index (χ2n) is 13.5. The predicted molar refractivity (Wildman–Crippen MR) is 170 cm³/mol. The Balaban J connectivity index is 2.22. The number of carbonyl (C=O) groups is 6. The highest BCUT2D eigenvalue weighted by molar-refractivity contribution is 5.98. The number of benzene rings is 1. The van der Waals surface area contributed by atoms with Crippen LogP contribution < -0.4 is 10.6 Å². The maximum Gasteiger partial charge on any atom is 0.226 e. The van der Waals surface area contributed by atoms with E-state index in [1.807, 2.05) is 58.0 Å². The zero-order valence-corrected chi connectivity index (χ0v) is 28.0. The summed E-state index contributed by atoms with van der Waals surface area (Å²) < 4.78 is 10.8. The monoisotopic (exact) mass is 628 g/mol. The first-order valence-corrected chi connectivity index (χ1v) is 16.0. The number of hydrogen-bond donors (Lipinski definition) is 2. The van der Waals surface area contributed by atoms with Crippen molar-refractivity contribution in [2.75, 3.05) is 19.8 Å². The number of hydrogen-bond acceptors (Lipinski definition) is 8. The lowest BCUT2D eigenvalue weighted by Crippen LogP contribution is -2.50. The smallest absolute Gasteiger partial charge is 0.226 e. The van der Waals surface area contributed by atoms with Gasteiger partial charge >= 0.3 is 0 Å². The van der Waals surface area contributed by atoms with Crippen LogP contribution in [-0.4, -0.2) is 72.5 Å². The molecule has 1 heterocycles. The van der Waals surface area contributed by atoms with Crippen molar-refractivity contribution >= 4 is 34.9 Å². The van der Waals surface area contributed by atoms with Gasteiger partial charge in [-0.15, -0.1) is 0 Å². The second kappa shape index (κ2) is 18.0. The molecule has 1 aliphatic rings. The lowest BCUT2D eigenvalue weighted by atomic mass is 9.90. The first kappa shape index (κ1) is 37.9. The van der Waals surface area contributed by atoms with Gasteiger partial charge in [0.1, 0.15) is 18.0 Å². The Morgan fingerprint density at radius 3 is 1.91 bits per heavy atom. The molecule has 2 N–H and O–H groups in total. The van der Waals surface area contributed by atoms with E-state index in [0.717, 1.165) is 5.56 Å². The number of nitrogens with one attached hydrogen (secondary N) is 2. The fourth-order valence-electron chi connectivity index (χ4n) is 5.26. The van der Waals surface area contributed by atoms with E-state index >= 15 is 0 Å². The first-order valence-electron chi connectivity index (χ1n) is 16.0. The van der Waals surface area contributed by atoms with Gasteiger partial charge < -0.3 is 24.9 Å². The Bertz CT molecular complexity index is 1180. The van der Waals surface area contributed by atoms with Gasteiger partial charge in [0.15, 0.2) is 17.3 Å². The van der Waals surface area contributed by atoms with Gasteiger partial charge in [-0.25, -0.2) is 0 Å². The summed E-state index contributed by atoms with van der Waals surface area (Å²) in [5, 5.41) is 5.70. The van der Waals surface area contributed by atoms with Gasteiger partial charge in [-0.05, 0) is 63.9 Å². The lowest BCUT2D eigenvalue weighted by molar-refractivity contribution is -0.137. The molecule has 45 heavy (non-hydrogen) atoms. The summed E-state index contributed by atoms with van der Waals surface area (Å²) in [6.07, 6.45) is 1.56. The van der Waals surface area contributed by atoms with E-state index in [4.69, 9.17) is 9.47 Å². The Labute approximate surface area is 267 Å². The minimum absolute atomic E-state index is 0.0448. The molecular weight excluding hydrogens is 576 g/mol. The van der Waals surface area contributed by atoms with Crippen LogP contribution >= 0.6 is 0 Å². The van der Waals surface area contributed by atoms with Crippen molar-refractivity contribution in [3.8, 4) is 0 Å². The van der Waals surface area contributed by atoms with Crippen molar-refractivity contribution in [1.29, 1.82) is 0 Å². The molecule has 0 radical (unpaired) electrons. The van der Waals surface area contributed by atoms with Crippen molar-refractivity contribution in [3.05, 3.63) is 35.9 Å². The number of aryl methyl sites for hydroxylation is 1. The van der Waals surface area contributed by atoms with E-state index < -0.39 is 35.4 Å². The molecule has 0 aromatic heterocycles. The summed E-state index contributed by atoms with van der Waals surface area (Å²) in [5.41, 5.74) is 0.108. The minimum Gasteiger partial charge on any atom is -0.373 e. The van der Waals surface area contributed by atoms with Crippen LogP contribution in [0.1, 0.15) is 86.1 Å². The van der Waals surface area contributed by atoms with E-state index in [9.17, 15) is 28.8 Å². The molecule has 5 atom stereocenters. The average molecular weight is 629 g/mol. The maximum absolute atomic E-state index is 13.7. The standard InChI is InChI=1S/C35H52N2O8/c1-22(2)15-29(36-33(42)27(17-24(5)38)14-13-26-11-9-8-10-12-26)31(40)18-28(20-44-19-25(6)39)34(43)37-30(16-23(3)4)32(41)35(7)21-45-35/h8-12,22-23,27-30H,13-21H2,1-7H3,(H,36,42)(H,37,43)/t27-,28+,29+,30+,35-/m1/s1. The molecule has 0 unspecified atom stereocenters. The van der Waals surface area contributed by atoms with Gasteiger partial charge in [0.25, 0.3) is 0 Å². The molecule has 2 rings (SSSR count). The summed E-state index contributed by atoms with van der Waals surface area (Å²) in [6, 6.07) is 7.97. The zero-order valence-electron chi connectivity index (χ0n) is 28.0. The predicted octanol–water partition coefficient (Wildman–Crippen LogP) is 3.82. The van der Waals surface area contributed by atoms with Crippen LogP contribution in [0.5, 0.6) is 0 Å². The van der Waals surface area contributed by atoms with Crippen LogP contribution in [-0.2, 0) is 44.7 Å². The molecule has 10 heteroatoms. The molecular formula is C35H52N2O8. The van der Waals surface area contributed by atoms with Gasteiger partial charge in [0.2, 0.25) is 11.8 Å². The van der Waals surface area contributed by atoms with Crippen molar-refractivity contribution < 1.29 is 38.2 Å². The third kappa shape index (κ3) is 13.7. The normalized spacial score (nSPS) is 18.5. The van der Waals surface area contributed by atoms with Crippen LogP contribution in [0.2, 0.25) is 0 Å². The number of epoxide rings is 1. The van der Waals surface area contributed by atoms with Crippen LogP contribution in [0.4, 0.5) is 0 Å². The summed E-state index contributed by atoms with van der Waals surface area (Å²) in [5.74, 6) is -3.32. The molecule has 1 aromatic rings. The van der Waals surface area contributed by atoms with Crippen molar-refractivity contribution in [2.45, 2.75) is 105 Å². The topological polar surface area (TPSA) is 148 Å². The Kier molecular flexibility index (Phi) is 15.2. The molecule has 0 bridgehead atoms. The highest BCUT2D eigenvalue weighted by atomic mass is 16.6. The van der Waals surface area contributed by atoms with Crippen molar-refractivity contribution in [2.24, 2.45) is 23.7 Å². The van der Waals surface area contributed by atoms with Gasteiger partial charge in [0, 0.05) is 18.8 Å². The molecule has 10 nitrogen and oxygen atoms in total. The number of Topliss-reactive ketones (excluding diaryl/α,β-unsaturated/α-hetero) is 4. The number of rotatable bonds is 22. The van der Waals surface area contributed by atoms with Gasteiger partial charge in [0.05, 0.1) is 31.2 Å². The second-order valence-corrected chi connectivity index (χ2v) is 13.5. The maximum atomic E-state index is 13.7. The molecule has 2 amide bonds. The summed E-state index contributed by atoms with van der Waals surface area (Å²) in [7, 11) is 0. The van der Waals surface area contributed by atoms with Crippen LogP contribution in [0.15, 0.2) is 30.3 Å². The largest absolute Gasteiger partial charge is 0.373 e. The van der Waals surface area contributed by atoms with Crippen LogP contribution in [0, 0.1) is 23.7 Å². The zero-order chi connectivity index (χ0) is 33.7. The molecule has 1 aliphatic heterocycles. The summed E-state index contributed by atoms with van der Waals surface area (Å²) in [6.45, 7) is 12.1. The highest BCUT2D eigenvalue weighted by Gasteiger charge is 2.50. The Hall–Kier alpha value is -3.24. The molecule has 0 aliphatic carbocycles. The third-order valence-electron chi connectivity index (χ3n) is 7.82. The van der Waals surface area contributed by atoms with E-state index in [1.54, 1.807) is 6.92 Å². The van der Waals surface area contributed by atoms with Crippen molar-refractivity contribution in [1.82, 2.24) is 10.6 Å². The number of amides is 2. The summed E-state index contributed by atoms with van der Waals surface area (Å²) >= 11 is 0. The number of carbonyl (C=O) groups excluding carboxylic acids is 6. The summed E-state index contributed by atoms with van der Waals surface area (Å²) in [4.78, 5) is 77.5. The fourth-order valence-corrected chi connectivity index (χ4v) is 5.26. The van der Waals surface area contributed by atoms with Gasteiger partial charge in [-0.2, -0.15) is 0 Å². The van der Waals surface area contributed by atoms with E-state index in [2.05, 4.69) is 10.6 Å².